The number of primary sulfonamides is 1. The first-order chi connectivity index (χ1) is 13.1. The van der Waals surface area contributed by atoms with Crippen LogP contribution in [0.1, 0.15) is 44.9 Å². The van der Waals surface area contributed by atoms with Gasteiger partial charge in [-0.25, -0.2) is 13.6 Å². The van der Waals surface area contributed by atoms with Crippen LogP contribution in [0, 0.1) is 5.92 Å². The van der Waals surface area contributed by atoms with Crippen molar-refractivity contribution in [3.63, 3.8) is 0 Å². The zero-order valence-electron chi connectivity index (χ0n) is 16.8. The number of sulfonamides is 1. The maximum atomic E-state index is 12.6. The van der Waals surface area contributed by atoms with Crippen molar-refractivity contribution >= 4 is 21.6 Å². The Labute approximate surface area is 167 Å². The van der Waals surface area contributed by atoms with Crippen molar-refractivity contribution in [3.8, 4) is 0 Å². The summed E-state index contributed by atoms with van der Waals surface area (Å²) < 4.78 is 22.6. The molecule has 0 spiro atoms. The number of rotatable bonds is 8. The predicted octanol–water partition coefficient (Wildman–Crippen LogP) is 2.18. The topological polar surface area (TPSA) is 106 Å². The zero-order valence-corrected chi connectivity index (χ0v) is 17.7. The molecule has 2 atom stereocenters. The van der Waals surface area contributed by atoms with Gasteiger partial charge in [-0.05, 0) is 43.2 Å². The second-order valence-electron chi connectivity index (χ2n) is 7.40. The summed E-state index contributed by atoms with van der Waals surface area (Å²) in [6, 6.07) is 14.2. The molecule has 152 valence electrons. The van der Waals surface area contributed by atoms with E-state index in [0.717, 1.165) is 6.42 Å². The summed E-state index contributed by atoms with van der Waals surface area (Å²) in [4.78, 5) is 12.6. The number of amides is 1. The highest BCUT2D eigenvalue weighted by Gasteiger charge is 2.26. The molecule has 0 aliphatic heterocycles. The van der Waals surface area contributed by atoms with Gasteiger partial charge in [-0.3, -0.25) is 4.79 Å². The minimum absolute atomic E-state index is 0.0144. The highest BCUT2D eigenvalue weighted by Crippen LogP contribution is 2.19. The third-order valence-corrected chi connectivity index (χ3v) is 5.78. The fraction of sp³-hybridized carbons (Fsp3) is 0.381. The second kappa shape index (κ2) is 9.32. The van der Waals surface area contributed by atoms with Crippen molar-refractivity contribution in [3.05, 3.63) is 59.7 Å². The molecule has 0 aliphatic rings. The quantitative estimate of drug-likeness (QED) is 0.628. The fourth-order valence-electron chi connectivity index (χ4n) is 3.08. The Bertz CT molecular complexity index is 891. The molecule has 2 aromatic carbocycles. The number of carbonyl (C=O) groups excluding carboxylic acids is 1. The zero-order chi connectivity index (χ0) is 20.9. The number of nitrogens with two attached hydrogens (primary N) is 2. The van der Waals surface area contributed by atoms with Gasteiger partial charge in [0.15, 0.2) is 6.04 Å². The number of quaternary nitrogens is 1. The third-order valence-electron chi connectivity index (χ3n) is 4.85. The molecule has 6 nitrogen and oxygen atoms in total. The molecule has 0 radical (unpaired) electrons. The number of aryl methyl sites for hydroxylation is 1. The van der Waals surface area contributed by atoms with E-state index >= 15 is 0 Å². The van der Waals surface area contributed by atoms with E-state index in [0.29, 0.717) is 11.6 Å². The van der Waals surface area contributed by atoms with Crippen LogP contribution >= 0.6 is 0 Å². The predicted molar refractivity (Wildman–Crippen MR) is 111 cm³/mol. The minimum atomic E-state index is -3.74. The van der Waals surface area contributed by atoms with E-state index in [1.807, 2.05) is 6.92 Å². The lowest BCUT2D eigenvalue weighted by molar-refractivity contribution is -0.718. The lowest BCUT2D eigenvalue weighted by Gasteiger charge is -2.23. The molecule has 0 unspecified atom stereocenters. The Hall–Kier alpha value is -2.22. The van der Waals surface area contributed by atoms with E-state index in [-0.39, 0.29) is 22.9 Å². The maximum Gasteiger partial charge on any atom is 0.282 e. The number of anilines is 1. The number of nitrogens with one attached hydrogen (secondary N) is 1. The fourth-order valence-corrected chi connectivity index (χ4v) is 3.59. The van der Waals surface area contributed by atoms with Crippen molar-refractivity contribution in [1.82, 2.24) is 0 Å². The SMILES string of the molecule is CCc1ccc([C@H]([NH2+][C@@H](C)C(=O)Nc2ccc(S(N)(=O)=O)cc2)C(C)C)cc1. The van der Waals surface area contributed by atoms with Gasteiger partial charge >= 0.3 is 0 Å². The molecule has 2 rings (SSSR count). The van der Waals surface area contributed by atoms with E-state index < -0.39 is 10.0 Å². The van der Waals surface area contributed by atoms with Gasteiger partial charge in [0.25, 0.3) is 5.91 Å². The molecule has 0 saturated heterocycles. The van der Waals surface area contributed by atoms with Crippen LogP contribution in [0.4, 0.5) is 5.69 Å². The van der Waals surface area contributed by atoms with Gasteiger partial charge in [-0.15, -0.1) is 0 Å². The lowest BCUT2D eigenvalue weighted by Crippen LogP contribution is -2.93. The van der Waals surface area contributed by atoms with Gasteiger partial charge in [-0.1, -0.05) is 45.0 Å². The number of carbonyl (C=O) groups is 1. The smallest absolute Gasteiger partial charge is 0.282 e. The molecule has 5 N–H and O–H groups in total. The molecule has 0 fully saturated rings. The van der Waals surface area contributed by atoms with Crippen molar-refractivity contribution in [1.29, 1.82) is 0 Å². The highest BCUT2D eigenvalue weighted by molar-refractivity contribution is 7.89. The molecule has 28 heavy (non-hydrogen) atoms. The van der Waals surface area contributed by atoms with Crippen LogP contribution < -0.4 is 15.8 Å². The molecular formula is C21H30N3O3S+. The monoisotopic (exact) mass is 404 g/mol. The average Bonchev–Trinajstić information content (AvgIpc) is 2.65. The van der Waals surface area contributed by atoms with Gasteiger partial charge < -0.3 is 10.6 Å². The van der Waals surface area contributed by atoms with Crippen molar-refractivity contribution in [2.45, 2.75) is 51.1 Å². The first-order valence-corrected chi connectivity index (χ1v) is 11.0. The normalized spacial score (nSPS) is 13.9. The Morgan fingerprint density at radius 2 is 1.61 bits per heavy atom. The molecule has 0 saturated carbocycles. The summed E-state index contributed by atoms with van der Waals surface area (Å²) in [5.74, 6) is 0.218. The molecule has 0 aromatic heterocycles. The molecule has 0 aliphatic carbocycles. The largest absolute Gasteiger partial charge is 0.330 e. The van der Waals surface area contributed by atoms with E-state index in [2.05, 4.69) is 55.7 Å². The summed E-state index contributed by atoms with van der Waals surface area (Å²) in [7, 11) is -3.74. The number of benzene rings is 2. The Kier molecular flexibility index (Phi) is 7.35. The number of hydrogen-bond donors (Lipinski definition) is 3. The van der Waals surface area contributed by atoms with Crippen molar-refractivity contribution in [2.24, 2.45) is 11.1 Å². The third kappa shape index (κ3) is 5.89. The van der Waals surface area contributed by atoms with E-state index in [4.69, 9.17) is 5.14 Å². The van der Waals surface area contributed by atoms with Crippen LogP contribution in [0.3, 0.4) is 0 Å². The summed E-state index contributed by atoms with van der Waals surface area (Å²) in [5, 5.41) is 9.99. The molecular weight excluding hydrogens is 374 g/mol. The lowest BCUT2D eigenvalue weighted by atomic mass is 9.94. The van der Waals surface area contributed by atoms with Crippen molar-refractivity contribution < 1.29 is 18.5 Å². The summed E-state index contributed by atoms with van der Waals surface area (Å²) in [6.45, 7) is 8.28. The van der Waals surface area contributed by atoms with Crippen LogP contribution in [-0.2, 0) is 21.2 Å². The highest BCUT2D eigenvalue weighted by atomic mass is 32.2. The summed E-state index contributed by atoms with van der Waals surface area (Å²) >= 11 is 0. The van der Waals surface area contributed by atoms with Crippen LogP contribution in [0.2, 0.25) is 0 Å². The van der Waals surface area contributed by atoms with Crippen LogP contribution in [0.25, 0.3) is 0 Å². The van der Waals surface area contributed by atoms with Crippen LogP contribution in [-0.4, -0.2) is 20.4 Å². The summed E-state index contributed by atoms with van der Waals surface area (Å²) in [5.41, 5.74) is 3.02. The Morgan fingerprint density at radius 1 is 1.04 bits per heavy atom. The minimum Gasteiger partial charge on any atom is -0.330 e. The molecule has 1 amide bonds. The van der Waals surface area contributed by atoms with E-state index in [9.17, 15) is 13.2 Å². The van der Waals surface area contributed by atoms with Gasteiger partial charge in [0.1, 0.15) is 6.04 Å². The number of hydrogen-bond acceptors (Lipinski definition) is 3. The first-order valence-electron chi connectivity index (χ1n) is 9.49. The Balaban J connectivity index is 2.06. The van der Waals surface area contributed by atoms with E-state index in [1.165, 1.54) is 35.4 Å². The Morgan fingerprint density at radius 3 is 2.07 bits per heavy atom. The average molecular weight is 405 g/mol. The van der Waals surface area contributed by atoms with Gasteiger partial charge in [0, 0.05) is 17.2 Å². The van der Waals surface area contributed by atoms with Crippen molar-refractivity contribution in [2.75, 3.05) is 5.32 Å². The second-order valence-corrected chi connectivity index (χ2v) is 8.97. The van der Waals surface area contributed by atoms with Gasteiger partial charge in [-0.2, -0.15) is 0 Å². The van der Waals surface area contributed by atoms with Gasteiger partial charge in [0.2, 0.25) is 10.0 Å². The van der Waals surface area contributed by atoms with Gasteiger partial charge in [0.05, 0.1) is 4.90 Å². The molecule has 0 bridgehead atoms. The molecule has 0 heterocycles. The first kappa shape index (κ1) is 22.1. The maximum absolute atomic E-state index is 12.6. The standard InChI is InChI=1S/C21H29N3O3S/c1-5-16-6-8-17(9-7-16)20(14(2)3)23-15(4)21(25)24-18-10-12-19(13-11-18)28(22,26)27/h6-15,20,23H,5H2,1-4H3,(H,24,25)(H2,22,26,27)/p+1/t15-,20+/m0/s1. The summed E-state index contributed by atoms with van der Waals surface area (Å²) in [6.07, 6.45) is 0.999. The van der Waals surface area contributed by atoms with E-state index in [1.54, 1.807) is 0 Å². The van der Waals surface area contributed by atoms with Crippen LogP contribution in [0.15, 0.2) is 53.4 Å². The molecule has 7 heteroatoms. The molecule has 2 aromatic rings. The van der Waals surface area contributed by atoms with Crippen LogP contribution in [0.5, 0.6) is 0 Å².